The van der Waals surface area contributed by atoms with Crippen molar-refractivity contribution in [3.63, 3.8) is 0 Å². The van der Waals surface area contributed by atoms with Crippen LogP contribution in [0.3, 0.4) is 0 Å². The molecule has 1 saturated heterocycles. The Balaban J connectivity index is 1.69. The van der Waals surface area contributed by atoms with Crippen LogP contribution in [0.15, 0.2) is 27.8 Å². The minimum Gasteiger partial charge on any atom is -0.468 e. The van der Waals surface area contributed by atoms with E-state index in [1.807, 2.05) is 20.2 Å². The molecular weight excluding hydrogens is 378 g/mol. The van der Waals surface area contributed by atoms with Crippen molar-refractivity contribution in [2.45, 2.75) is 57.9 Å². The van der Waals surface area contributed by atoms with Gasteiger partial charge >= 0.3 is 0 Å². The van der Waals surface area contributed by atoms with Gasteiger partial charge in [-0.3, -0.25) is 14.7 Å². The van der Waals surface area contributed by atoms with E-state index in [0.717, 1.165) is 63.6 Å². The number of carbonyl (C=O) groups excluding carboxylic acids is 1. The minimum absolute atomic E-state index is 0.188. The van der Waals surface area contributed by atoms with E-state index in [0.29, 0.717) is 6.54 Å². The maximum absolute atomic E-state index is 12.9. The highest BCUT2D eigenvalue weighted by atomic mass is 16.3. The Kier molecular flexibility index (Phi) is 8.19. The van der Waals surface area contributed by atoms with Gasteiger partial charge in [0.2, 0.25) is 5.91 Å². The Morgan fingerprint density at radius 1 is 1.20 bits per heavy atom. The zero-order valence-electron chi connectivity index (χ0n) is 19.0. The molecule has 1 saturated carbocycles. The van der Waals surface area contributed by atoms with Gasteiger partial charge in [0, 0.05) is 27.2 Å². The standard InChI is InChI=1S/C23H39N5O2/c1-4-24-22(26-18-23(12-6-7-13-23)21(29)27(2)3)25-17-19(20-11-10-16-30-20)28-14-8-5-9-15-28/h10-11,16,19H,4-9,12-15,17-18H2,1-3H3,(H2,24,25,26). The van der Waals surface area contributed by atoms with E-state index < -0.39 is 0 Å². The molecule has 1 atom stereocenters. The highest BCUT2D eigenvalue weighted by molar-refractivity contribution is 5.84. The second-order valence-corrected chi connectivity index (χ2v) is 8.89. The summed E-state index contributed by atoms with van der Waals surface area (Å²) in [5.74, 6) is 1.99. The molecule has 1 aromatic rings. The summed E-state index contributed by atoms with van der Waals surface area (Å²) in [6, 6.07) is 4.21. The van der Waals surface area contributed by atoms with Crippen molar-refractivity contribution in [3.8, 4) is 0 Å². The highest BCUT2D eigenvalue weighted by Crippen LogP contribution is 2.39. The monoisotopic (exact) mass is 417 g/mol. The summed E-state index contributed by atoms with van der Waals surface area (Å²) in [5, 5.41) is 6.89. The smallest absolute Gasteiger partial charge is 0.230 e. The van der Waals surface area contributed by atoms with E-state index >= 15 is 0 Å². The molecule has 1 aromatic heterocycles. The number of nitrogens with zero attached hydrogens (tertiary/aromatic N) is 3. The molecule has 0 spiro atoms. The Morgan fingerprint density at radius 3 is 2.53 bits per heavy atom. The third kappa shape index (κ3) is 5.56. The molecule has 2 aliphatic rings. The van der Waals surface area contributed by atoms with Crippen LogP contribution in [0.25, 0.3) is 0 Å². The van der Waals surface area contributed by atoms with E-state index in [1.54, 1.807) is 11.2 Å². The summed E-state index contributed by atoms with van der Waals surface area (Å²) < 4.78 is 5.76. The Hall–Kier alpha value is -2.02. The van der Waals surface area contributed by atoms with Crippen LogP contribution in [-0.4, -0.2) is 68.5 Å². The van der Waals surface area contributed by atoms with Crippen LogP contribution < -0.4 is 10.6 Å². The van der Waals surface area contributed by atoms with Crippen molar-refractivity contribution in [3.05, 3.63) is 24.2 Å². The predicted octanol–water partition coefficient (Wildman–Crippen LogP) is 3.01. The normalized spacial score (nSPS) is 20.7. The fourth-order valence-corrected chi connectivity index (χ4v) is 4.85. The quantitative estimate of drug-likeness (QED) is 0.502. The molecule has 7 heteroatoms. The molecule has 0 aromatic carbocycles. The maximum Gasteiger partial charge on any atom is 0.230 e. The molecule has 30 heavy (non-hydrogen) atoms. The lowest BCUT2D eigenvalue weighted by Crippen LogP contribution is -2.46. The van der Waals surface area contributed by atoms with Crippen LogP contribution in [0.2, 0.25) is 0 Å². The van der Waals surface area contributed by atoms with Crippen molar-refractivity contribution < 1.29 is 9.21 Å². The zero-order chi connectivity index (χ0) is 21.4. The van der Waals surface area contributed by atoms with Crippen molar-refractivity contribution in [2.24, 2.45) is 10.4 Å². The first-order valence-electron chi connectivity index (χ1n) is 11.6. The van der Waals surface area contributed by atoms with Crippen molar-refractivity contribution >= 4 is 11.9 Å². The molecule has 3 rings (SSSR count). The predicted molar refractivity (Wildman–Crippen MR) is 120 cm³/mol. The van der Waals surface area contributed by atoms with E-state index in [1.165, 1.54) is 19.3 Å². The number of rotatable bonds is 8. The van der Waals surface area contributed by atoms with Gasteiger partial charge in [-0.25, -0.2) is 0 Å². The van der Waals surface area contributed by atoms with Crippen LogP contribution in [-0.2, 0) is 4.79 Å². The van der Waals surface area contributed by atoms with Gasteiger partial charge < -0.3 is 20.0 Å². The van der Waals surface area contributed by atoms with E-state index in [9.17, 15) is 4.79 Å². The van der Waals surface area contributed by atoms with E-state index in [4.69, 9.17) is 9.41 Å². The third-order valence-electron chi connectivity index (χ3n) is 6.47. The Bertz CT molecular complexity index is 674. The van der Waals surface area contributed by atoms with Gasteiger partial charge in [-0.05, 0) is 57.8 Å². The van der Waals surface area contributed by atoms with E-state index in [2.05, 4.69) is 28.5 Å². The second-order valence-electron chi connectivity index (χ2n) is 8.89. The Morgan fingerprint density at radius 2 is 1.93 bits per heavy atom. The average molecular weight is 418 g/mol. The molecule has 1 aliphatic heterocycles. The van der Waals surface area contributed by atoms with Crippen LogP contribution in [0, 0.1) is 5.41 Å². The number of hydrogen-bond donors (Lipinski definition) is 2. The van der Waals surface area contributed by atoms with Crippen LogP contribution in [0.1, 0.15) is 63.7 Å². The second kappa shape index (κ2) is 10.8. The van der Waals surface area contributed by atoms with Gasteiger partial charge in [-0.2, -0.15) is 0 Å². The molecular formula is C23H39N5O2. The fourth-order valence-electron chi connectivity index (χ4n) is 4.85. The topological polar surface area (TPSA) is 73.1 Å². The average Bonchev–Trinajstić information content (AvgIpc) is 3.45. The minimum atomic E-state index is -0.348. The first-order chi connectivity index (χ1) is 14.6. The fraction of sp³-hybridized carbons (Fsp3) is 0.739. The van der Waals surface area contributed by atoms with Gasteiger partial charge in [0.25, 0.3) is 0 Å². The van der Waals surface area contributed by atoms with E-state index in [-0.39, 0.29) is 17.4 Å². The molecule has 2 heterocycles. The largest absolute Gasteiger partial charge is 0.468 e. The molecule has 0 radical (unpaired) electrons. The summed E-state index contributed by atoms with van der Waals surface area (Å²) in [4.78, 5) is 22.0. The van der Waals surface area contributed by atoms with Gasteiger partial charge in [0.05, 0.1) is 24.3 Å². The van der Waals surface area contributed by atoms with Gasteiger partial charge in [0.1, 0.15) is 5.76 Å². The lowest BCUT2D eigenvalue weighted by Gasteiger charge is -2.34. The molecule has 1 aliphatic carbocycles. The number of hydrogen-bond acceptors (Lipinski definition) is 4. The molecule has 1 amide bonds. The SMILES string of the molecule is CCNC(=NCC1(C(=O)N(C)C)CCCC1)NCC(c1ccco1)N1CCCCC1. The number of piperidine rings is 1. The van der Waals surface area contributed by atoms with Crippen LogP contribution >= 0.6 is 0 Å². The molecule has 2 N–H and O–H groups in total. The summed E-state index contributed by atoms with van der Waals surface area (Å²) in [7, 11) is 3.70. The number of carbonyl (C=O) groups is 1. The number of guanidine groups is 1. The first-order valence-corrected chi connectivity index (χ1v) is 11.6. The molecule has 168 valence electrons. The lowest BCUT2D eigenvalue weighted by atomic mass is 9.85. The van der Waals surface area contributed by atoms with Crippen molar-refractivity contribution in [1.82, 2.24) is 20.4 Å². The first kappa shape index (κ1) is 22.7. The molecule has 0 bridgehead atoms. The summed E-state index contributed by atoms with van der Waals surface area (Å²) in [6.07, 6.45) is 9.60. The van der Waals surface area contributed by atoms with Gasteiger partial charge in [0.15, 0.2) is 5.96 Å². The highest BCUT2D eigenvalue weighted by Gasteiger charge is 2.42. The molecule has 7 nitrogen and oxygen atoms in total. The third-order valence-corrected chi connectivity index (χ3v) is 6.47. The zero-order valence-corrected chi connectivity index (χ0v) is 19.0. The van der Waals surface area contributed by atoms with Gasteiger partial charge in [-0.1, -0.05) is 19.3 Å². The van der Waals surface area contributed by atoms with Crippen LogP contribution in [0.5, 0.6) is 0 Å². The molecule has 2 fully saturated rings. The molecule has 1 unspecified atom stereocenters. The van der Waals surface area contributed by atoms with Crippen LogP contribution in [0.4, 0.5) is 0 Å². The lowest BCUT2D eigenvalue weighted by molar-refractivity contribution is -0.138. The number of aliphatic imine (C=N–C) groups is 1. The van der Waals surface area contributed by atoms with Crippen molar-refractivity contribution in [1.29, 1.82) is 0 Å². The van der Waals surface area contributed by atoms with Crippen molar-refractivity contribution in [2.75, 3.05) is 46.8 Å². The number of amides is 1. The Labute approximate surface area is 181 Å². The summed E-state index contributed by atoms with van der Waals surface area (Å²) >= 11 is 0. The number of nitrogens with one attached hydrogen (secondary N) is 2. The summed E-state index contributed by atoms with van der Waals surface area (Å²) in [5.41, 5.74) is -0.348. The number of likely N-dealkylation sites (tertiary alicyclic amines) is 1. The maximum atomic E-state index is 12.9. The van der Waals surface area contributed by atoms with Gasteiger partial charge in [-0.15, -0.1) is 0 Å². The summed E-state index contributed by atoms with van der Waals surface area (Å²) in [6.45, 7) is 6.32. The number of furan rings is 1.